The summed E-state index contributed by atoms with van der Waals surface area (Å²) in [4.78, 5) is 23.7. The quantitative estimate of drug-likeness (QED) is 0.394. The maximum Gasteiger partial charge on any atom is 0.326 e. The van der Waals surface area contributed by atoms with Gasteiger partial charge < -0.3 is 16.4 Å². The van der Waals surface area contributed by atoms with Crippen molar-refractivity contribution < 1.29 is 4.79 Å². The minimum Gasteiger partial charge on any atom is -0.368 e. The van der Waals surface area contributed by atoms with Crippen molar-refractivity contribution in [1.29, 1.82) is 0 Å². The van der Waals surface area contributed by atoms with Crippen LogP contribution in [0.1, 0.15) is 18.1 Å². The number of rotatable bonds is 4. The predicted molar refractivity (Wildman–Crippen MR) is 126 cm³/mol. The number of aromatic nitrogens is 4. The van der Waals surface area contributed by atoms with Gasteiger partial charge in [0.05, 0.1) is 11.6 Å². The van der Waals surface area contributed by atoms with Gasteiger partial charge in [-0.1, -0.05) is 43.3 Å². The Hall–Kier alpha value is -4.14. The highest BCUT2D eigenvalue weighted by molar-refractivity contribution is 6.03. The third-order valence-electron chi connectivity index (χ3n) is 5.70. The summed E-state index contributed by atoms with van der Waals surface area (Å²) in [6.45, 7) is 2.55. The number of nitrogens with two attached hydrogens (primary N) is 1. The van der Waals surface area contributed by atoms with Crippen LogP contribution in [0, 0.1) is 0 Å². The van der Waals surface area contributed by atoms with E-state index in [0.717, 1.165) is 40.7 Å². The minimum atomic E-state index is -0.166. The highest BCUT2D eigenvalue weighted by Gasteiger charge is 2.29. The molecule has 5 N–H and O–H groups in total. The van der Waals surface area contributed by atoms with Crippen LogP contribution >= 0.6 is 0 Å². The van der Waals surface area contributed by atoms with Gasteiger partial charge in [-0.25, -0.2) is 4.79 Å². The van der Waals surface area contributed by atoms with Gasteiger partial charge in [0.25, 0.3) is 0 Å². The van der Waals surface area contributed by atoms with E-state index in [9.17, 15) is 4.79 Å². The molecule has 162 valence electrons. The highest BCUT2D eigenvalue weighted by Crippen LogP contribution is 2.30. The van der Waals surface area contributed by atoms with Crippen LogP contribution in [0.5, 0.6) is 0 Å². The summed E-state index contributed by atoms with van der Waals surface area (Å²) in [6, 6.07) is 15.6. The first-order valence-corrected chi connectivity index (χ1v) is 10.6. The summed E-state index contributed by atoms with van der Waals surface area (Å²) in [7, 11) is 0. The number of hydrogen-bond acceptors (Lipinski definition) is 6. The number of H-pyrrole nitrogens is 1. The smallest absolute Gasteiger partial charge is 0.326 e. The van der Waals surface area contributed by atoms with E-state index in [1.807, 2.05) is 48.5 Å². The number of nitrogens with one attached hydrogen (secondary N) is 3. The summed E-state index contributed by atoms with van der Waals surface area (Å²) in [6.07, 6.45) is 3.25. The van der Waals surface area contributed by atoms with E-state index in [4.69, 9.17) is 5.73 Å². The lowest BCUT2D eigenvalue weighted by Gasteiger charge is -2.35. The Morgan fingerprint density at radius 1 is 1.19 bits per heavy atom. The number of carbonyl (C=O) groups excluding carboxylic acids is 1. The van der Waals surface area contributed by atoms with Crippen molar-refractivity contribution in [2.75, 3.05) is 27.8 Å². The molecule has 1 unspecified atom stereocenters. The molecule has 9 heteroatoms. The summed E-state index contributed by atoms with van der Waals surface area (Å²) in [5, 5.41) is 14.2. The maximum absolute atomic E-state index is 13.3. The van der Waals surface area contributed by atoms with Crippen LogP contribution in [0.4, 0.5) is 27.9 Å². The van der Waals surface area contributed by atoms with Gasteiger partial charge in [-0.05, 0) is 36.1 Å². The van der Waals surface area contributed by atoms with E-state index < -0.39 is 0 Å². The molecule has 0 fully saturated rings. The van der Waals surface area contributed by atoms with Crippen molar-refractivity contribution in [2.24, 2.45) is 0 Å². The zero-order valence-corrected chi connectivity index (χ0v) is 17.7. The third kappa shape index (κ3) is 3.68. The normalized spacial score (nSPS) is 15.4. The molecule has 2 amide bonds. The fraction of sp³-hybridized carbons (Fsp3) is 0.217. The number of amides is 2. The van der Waals surface area contributed by atoms with Crippen LogP contribution in [0.3, 0.4) is 0 Å². The number of carbonyl (C=O) groups is 1. The Balaban J connectivity index is 1.44. The first kappa shape index (κ1) is 19.8. The Morgan fingerprint density at radius 2 is 2.00 bits per heavy atom. The van der Waals surface area contributed by atoms with Crippen LogP contribution in [0.25, 0.3) is 11.0 Å². The number of para-hydroxylation sites is 2. The van der Waals surface area contributed by atoms with E-state index in [1.54, 1.807) is 11.1 Å². The Kier molecular flexibility index (Phi) is 5.06. The Morgan fingerprint density at radius 3 is 2.88 bits per heavy atom. The molecular formula is C23H24N8O. The van der Waals surface area contributed by atoms with Gasteiger partial charge in [0.1, 0.15) is 5.82 Å². The third-order valence-corrected chi connectivity index (χ3v) is 5.70. The topological polar surface area (TPSA) is 125 Å². The molecule has 2 aromatic carbocycles. The van der Waals surface area contributed by atoms with Crippen molar-refractivity contribution in [1.82, 2.24) is 20.2 Å². The van der Waals surface area contributed by atoms with Crippen LogP contribution in [-0.2, 0) is 12.8 Å². The lowest BCUT2D eigenvalue weighted by atomic mass is 9.98. The highest BCUT2D eigenvalue weighted by atomic mass is 16.2. The summed E-state index contributed by atoms with van der Waals surface area (Å²) in [5.41, 5.74) is 10.4. The molecule has 0 radical (unpaired) electrons. The molecule has 9 nitrogen and oxygen atoms in total. The molecule has 2 aromatic heterocycles. The SMILES string of the molecule is CCc1ccccc1NC(=O)N1CC(Nc2nc(N)nc3[nH]ncc23)Cc2ccccc21. The van der Waals surface area contributed by atoms with Crippen LogP contribution in [-0.4, -0.2) is 38.8 Å². The van der Waals surface area contributed by atoms with Gasteiger partial charge in [-0.3, -0.25) is 10.00 Å². The summed E-state index contributed by atoms with van der Waals surface area (Å²) in [5.74, 6) is 0.758. The van der Waals surface area contributed by atoms with Crippen molar-refractivity contribution >= 4 is 40.2 Å². The number of nitrogen functional groups attached to an aromatic ring is 1. The van der Waals surface area contributed by atoms with Crippen molar-refractivity contribution in [3.63, 3.8) is 0 Å². The molecule has 0 aliphatic carbocycles. The van der Waals surface area contributed by atoms with Gasteiger partial charge in [0.15, 0.2) is 5.65 Å². The molecule has 4 aromatic rings. The second-order valence-electron chi connectivity index (χ2n) is 7.79. The molecule has 1 atom stereocenters. The number of aromatic amines is 1. The van der Waals surface area contributed by atoms with Gasteiger partial charge in [0.2, 0.25) is 5.95 Å². The molecule has 1 aliphatic rings. The van der Waals surface area contributed by atoms with Gasteiger partial charge in [0, 0.05) is 24.0 Å². The lowest BCUT2D eigenvalue weighted by Crippen LogP contribution is -2.47. The first-order chi connectivity index (χ1) is 15.6. The monoisotopic (exact) mass is 428 g/mol. The fourth-order valence-corrected chi connectivity index (χ4v) is 4.17. The molecule has 3 heterocycles. The molecule has 0 saturated carbocycles. The van der Waals surface area contributed by atoms with Gasteiger partial charge in [-0.2, -0.15) is 15.1 Å². The Labute approximate surface area is 185 Å². The second kappa shape index (κ2) is 8.18. The molecule has 0 spiro atoms. The van der Waals surface area contributed by atoms with E-state index in [1.165, 1.54) is 0 Å². The van der Waals surface area contributed by atoms with Crippen LogP contribution < -0.4 is 21.3 Å². The Bertz CT molecular complexity index is 1280. The van der Waals surface area contributed by atoms with E-state index in [-0.39, 0.29) is 18.0 Å². The average Bonchev–Trinajstić information content (AvgIpc) is 3.27. The van der Waals surface area contributed by atoms with E-state index in [0.29, 0.717) is 18.0 Å². The summed E-state index contributed by atoms with van der Waals surface area (Å²) < 4.78 is 0. The number of hydrogen-bond donors (Lipinski definition) is 4. The van der Waals surface area contributed by atoms with Crippen molar-refractivity contribution in [3.8, 4) is 0 Å². The molecule has 0 saturated heterocycles. The van der Waals surface area contributed by atoms with Crippen molar-refractivity contribution in [3.05, 3.63) is 65.9 Å². The standard InChI is InChI=1S/C23H24N8O/c1-2-14-7-3-5-9-18(14)27-23(32)31-13-16(11-15-8-4-6-10-19(15)31)26-20-17-12-25-30-21(17)29-22(24)28-20/h3-10,12,16H,2,11,13H2,1H3,(H,27,32)(H4,24,25,26,28,29,30). The van der Waals surface area contributed by atoms with Crippen LogP contribution in [0.2, 0.25) is 0 Å². The zero-order valence-electron chi connectivity index (χ0n) is 17.7. The number of urea groups is 1. The minimum absolute atomic E-state index is 0.0653. The molecule has 5 rings (SSSR count). The van der Waals surface area contributed by atoms with E-state index >= 15 is 0 Å². The average molecular weight is 429 g/mol. The number of nitrogens with zero attached hydrogens (tertiary/aromatic N) is 4. The summed E-state index contributed by atoms with van der Waals surface area (Å²) >= 11 is 0. The zero-order chi connectivity index (χ0) is 22.1. The van der Waals surface area contributed by atoms with Gasteiger partial charge >= 0.3 is 6.03 Å². The van der Waals surface area contributed by atoms with Crippen LogP contribution in [0.15, 0.2) is 54.7 Å². The fourth-order valence-electron chi connectivity index (χ4n) is 4.17. The van der Waals surface area contributed by atoms with E-state index in [2.05, 4.69) is 37.7 Å². The molecular weight excluding hydrogens is 404 g/mol. The van der Waals surface area contributed by atoms with Crippen molar-refractivity contribution in [2.45, 2.75) is 25.8 Å². The number of benzene rings is 2. The second-order valence-corrected chi connectivity index (χ2v) is 7.79. The number of aryl methyl sites for hydroxylation is 1. The molecule has 32 heavy (non-hydrogen) atoms. The molecule has 1 aliphatic heterocycles. The number of anilines is 4. The molecule has 0 bridgehead atoms. The van der Waals surface area contributed by atoms with Gasteiger partial charge in [-0.15, -0.1) is 0 Å². The first-order valence-electron chi connectivity index (χ1n) is 10.6. The lowest BCUT2D eigenvalue weighted by molar-refractivity contribution is 0.256. The number of fused-ring (bicyclic) bond motifs is 2. The maximum atomic E-state index is 13.3. The largest absolute Gasteiger partial charge is 0.368 e. The predicted octanol–water partition coefficient (Wildman–Crippen LogP) is 3.57.